The fourth-order valence-corrected chi connectivity index (χ4v) is 4.97. The van der Waals surface area contributed by atoms with Gasteiger partial charge in [0.2, 0.25) is 0 Å². The first kappa shape index (κ1) is 20.4. The zero-order chi connectivity index (χ0) is 23.6. The molecule has 2 aliphatic rings. The second-order valence-electron chi connectivity index (χ2n) is 8.46. The molecule has 0 spiro atoms. The molecule has 170 valence electrons. The molecule has 2 aliphatic heterocycles. The fourth-order valence-electron chi connectivity index (χ4n) is 4.97. The number of fused-ring (bicyclic) bond motifs is 9. The van der Waals surface area contributed by atoms with Crippen molar-refractivity contribution in [2.24, 2.45) is 7.05 Å². The number of alkyl halides is 2. The summed E-state index contributed by atoms with van der Waals surface area (Å²) in [5.41, 5.74) is 4.00. The van der Waals surface area contributed by atoms with E-state index in [4.69, 9.17) is 9.72 Å². The van der Waals surface area contributed by atoms with Gasteiger partial charge in [0.05, 0.1) is 35.6 Å². The third-order valence-corrected chi connectivity index (χ3v) is 6.56. The molecule has 7 nitrogen and oxygen atoms in total. The third-order valence-electron chi connectivity index (χ3n) is 6.56. The second-order valence-corrected chi connectivity index (χ2v) is 8.46. The van der Waals surface area contributed by atoms with Gasteiger partial charge in [0.25, 0.3) is 5.91 Å². The second kappa shape index (κ2) is 7.42. The van der Waals surface area contributed by atoms with E-state index in [0.717, 1.165) is 28.1 Å². The van der Waals surface area contributed by atoms with Crippen LogP contribution in [-0.2, 0) is 7.05 Å². The molecular weight excluding hydrogens is 440 g/mol. The highest BCUT2D eigenvalue weighted by Gasteiger charge is 2.44. The molecule has 2 atom stereocenters. The van der Waals surface area contributed by atoms with E-state index in [0.29, 0.717) is 17.5 Å². The average Bonchev–Trinajstić information content (AvgIpc) is 3.48. The summed E-state index contributed by atoms with van der Waals surface area (Å²) in [4.78, 5) is 23.7. The molecule has 0 unspecified atom stereocenters. The Balaban J connectivity index is 1.54. The minimum Gasteiger partial charge on any atom is -0.434 e. The molecule has 0 saturated carbocycles. The maximum atomic E-state index is 13.2. The smallest absolute Gasteiger partial charge is 0.387 e. The maximum absolute atomic E-state index is 13.2. The van der Waals surface area contributed by atoms with E-state index in [2.05, 4.69) is 16.8 Å². The normalized spacial score (nSPS) is 18.5. The monoisotopic (exact) mass is 459 g/mol. The van der Waals surface area contributed by atoms with Crippen LogP contribution in [-0.4, -0.2) is 43.6 Å². The number of benzene rings is 2. The number of imidazole rings is 2. The zero-order valence-electron chi connectivity index (χ0n) is 18.4. The summed E-state index contributed by atoms with van der Waals surface area (Å²) in [7, 11) is 3.60. The fraction of sp³-hybridized carbons (Fsp3) is 0.240. The minimum atomic E-state index is -2.99. The molecule has 0 fully saturated rings. The first-order chi connectivity index (χ1) is 16.4. The van der Waals surface area contributed by atoms with E-state index in [-0.39, 0.29) is 23.7 Å². The molecule has 2 aromatic carbocycles. The van der Waals surface area contributed by atoms with E-state index in [9.17, 15) is 13.6 Å². The Labute approximate surface area is 193 Å². The van der Waals surface area contributed by atoms with Gasteiger partial charge in [0, 0.05) is 37.2 Å². The number of carbonyl (C=O) groups is 1. The molecular formula is C25H19F2N5O2. The Morgan fingerprint density at radius 3 is 2.76 bits per heavy atom. The summed E-state index contributed by atoms with van der Waals surface area (Å²) in [6.45, 7) is -2.99. The summed E-state index contributed by atoms with van der Waals surface area (Å²) in [6.07, 6.45) is 3.92. The van der Waals surface area contributed by atoms with Crippen LogP contribution >= 0.6 is 0 Å². The number of aryl methyl sites for hydroxylation is 1. The van der Waals surface area contributed by atoms with Gasteiger partial charge in [-0.25, -0.2) is 9.97 Å². The molecule has 0 aliphatic carbocycles. The number of halogens is 2. The number of nitrogens with zero attached hydrogens (tertiary/aromatic N) is 5. The molecule has 4 heterocycles. The van der Waals surface area contributed by atoms with Crippen molar-refractivity contribution in [1.82, 2.24) is 24.0 Å². The molecule has 0 N–H and O–H groups in total. The number of rotatable bonds is 2. The van der Waals surface area contributed by atoms with Gasteiger partial charge in [-0.3, -0.25) is 4.79 Å². The molecule has 0 radical (unpaired) electrons. The number of hydrogen-bond donors (Lipinski definition) is 0. The number of hydrogen-bond acceptors (Lipinski definition) is 4. The van der Waals surface area contributed by atoms with Crippen LogP contribution in [0.3, 0.4) is 0 Å². The van der Waals surface area contributed by atoms with E-state index >= 15 is 0 Å². The number of ether oxygens (including phenoxy) is 1. The highest BCUT2D eigenvalue weighted by atomic mass is 19.3. The topological polar surface area (TPSA) is 65.2 Å². The summed E-state index contributed by atoms with van der Waals surface area (Å²) >= 11 is 0. The maximum Gasteiger partial charge on any atom is 0.387 e. The largest absolute Gasteiger partial charge is 0.434 e. The van der Waals surface area contributed by atoms with Crippen LogP contribution in [0.5, 0.6) is 5.75 Å². The van der Waals surface area contributed by atoms with Gasteiger partial charge < -0.3 is 18.8 Å². The first-order valence-electron chi connectivity index (χ1n) is 10.8. The van der Waals surface area contributed by atoms with Crippen LogP contribution in [0.25, 0.3) is 11.0 Å². The van der Waals surface area contributed by atoms with Crippen molar-refractivity contribution in [2.75, 3.05) is 7.05 Å². The lowest BCUT2D eigenvalue weighted by Gasteiger charge is -2.24. The molecule has 0 saturated heterocycles. The summed E-state index contributed by atoms with van der Waals surface area (Å²) < 4.78 is 35.2. The van der Waals surface area contributed by atoms with Crippen molar-refractivity contribution in [1.29, 1.82) is 0 Å². The van der Waals surface area contributed by atoms with Crippen molar-refractivity contribution in [2.45, 2.75) is 25.1 Å². The highest BCUT2D eigenvalue weighted by Crippen LogP contribution is 2.49. The summed E-state index contributed by atoms with van der Waals surface area (Å²) in [6, 6.07) is 9.81. The van der Waals surface area contributed by atoms with Crippen LogP contribution < -0.4 is 4.74 Å². The Morgan fingerprint density at radius 2 is 2.00 bits per heavy atom. The lowest BCUT2D eigenvalue weighted by Crippen LogP contribution is -2.30. The van der Waals surface area contributed by atoms with Crippen LogP contribution in [0.1, 0.15) is 51.5 Å². The SMILES string of the molecule is CN1C(=O)c2cccc(OC(F)F)c2[C@H]2C[C@@H]1c1nc3ccc(C#Cc4cncn4C)cc3n12. The third kappa shape index (κ3) is 2.99. The predicted octanol–water partition coefficient (Wildman–Crippen LogP) is 3.89. The van der Waals surface area contributed by atoms with Gasteiger partial charge >= 0.3 is 6.61 Å². The summed E-state index contributed by atoms with van der Waals surface area (Å²) in [5, 5.41) is 0. The van der Waals surface area contributed by atoms with E-state index in [1.165, 1.54) is 6.07 Å². The van der Waals surface area contributed by atoms with Gasteiger partial charge in [-0.1, -0.05) is 12.0 Å². The minimum absolute atomic E-state index is 0.0155. The van der Waals surface area contributed by atoms with Crippen LogP contribution in [0.15, 0.2) is 48.9 Å². The Kier molecular flexibility index (Phi) is 4.45. The van der Waals surface area contributed by atoms with Gasteiger partial charge in [-0.2, -0.15) is 8.78 Å². The van der Waals surface area contributed by atoms with Crippen LogP contribution in [0.2, 0.25) is 0 Å². The first-order valence-corrected chi connectivity index (χ1v) is 10.8. The molecule has 2 aromatic heterocycles. The number of amides is 1. The quantitative estimate of drug-likeness (QED) is 0.427. The van der Waals surface area contributed by atoms with Gasteiger partial charge in [-0.15, -0.1) is 0 Å². The van der Waals surface area contributed by atoms with Gasteiger partial charge in [0.15, 0.2) is 0 Å². The van der Waals surface area contributed by atoms with E-state index in [1.807, 2.05) is 34.4 Å². The zero-order valence-corrected chi connectivity index (χ0v) is 18.4. The average molecular weight is 459 g/mol. The predicted molar refractivity (Wildman–Crippen MR) is 120 cm³/mol. The van der Waals surface area contributed by atoms with Crippen molar-refractivity contribution in [3.05, 3.63) is 77.1 Å². The highest BCUT2D eigenvalue weighted by molar-refractivity contribution is 5.97. The summed E-state index contributed by atoms with van der Waals surface area (Å²) in [5.74, 6) is 6.79. The molecule has 6 rings (SSSR count). The van der Waals surface area contributed by atoms with E-state index in [1.54, 1.807) is 36.6 Å². The molecule has 1 amide bonds. The van der Waals surface area contributed by atoms with Gasteiger partial charge in [0.1, 0.15) is 17.3 Å². The molecule has 4 aromatic rings. The van der Waals surface area contributed by atoms with Crippen LogP contribution in [0, 0.1) is 11.8 Å². The lowest BCUT2D eigenvalue weighted by molar-refractivity contribution is -0.0507. The van der Waals surface area contributed by atoms with Crippen molar-refractivity contribution in [3.8, 4) is 17.6 Å². The van der Waals surface area contributed by atoms with E-state index < -0.39 is 6.61 Å². The van der Waals surface area contributed by atoms with Crippen molar-refractivity contribution < 1.29 is 18.3 Å². The van der Waals surface area contributed by atoms with Crippen LogP contribution in [0.4, 0.5) is 8.78 Å². The van der Waals surface area contributed by atoms with Crippen molar-refractivity contribution in [3.63, 3.8) is 0 Å². The Hall–Kier alpha value is -4.19. The Bertz CT molecular complexity index is 1530. The van der Waals surface area contributed by atoms with Gasteiger partial charge in [-0.05, 0) is 36.3 Å². The Morgan fingerprint density at radius 1 is 1.15 bits per heavy atom. The lowest BCUT2D eigenvalue weighted by atomic mass is 9.97. The van der Waals surface area contributed by atoms with Crippen molar-refractivity contribution >= 4 is 16.9 Å². The molecule has 2 bridgehead atoms. The number of carbonyl (C=O) groups excluding carboxylic acids is 1. The molecule has 9 heteroatoms. The molecule has 34 heavy (non-hydrogen) atoms. The number of aromatic nitrogens is 4. The standard InChI is InChI=1S/C25H19F2N5O2/c1-30-13-28-12-15(30)8-6-14-7-9-17-18(10-14)32-19-11-20(23(32)29-17)31(2)24(33)16-4-3-5-21(22(16)19)34-25(26)27/h3-5,7,9-10,12-13,19-20,25H,11H2,1-2H3/t19-,20-/m1/s1.